The molecule has 0 saturated carbocycles. The fourth-order valence-electron chi connectivity index (χ4n) is 4.76. The van der Waals surface area contributed by atoms with Crippen LogP contribution in [0, 0.1) is 19.7 Å². The van der Waals surface area contributed by atoms with Crippen molar-refractivity contribution in [3.8, 4) is 5.69 Å². The maximum absolute atomic E-state index is 14.4. The molecule has 7 nitrogen and oxygen atoms in total. The minimum atomic E-state index is -0.383. The first-order chi connectivity index (χ1) is 18.4. The van der Waals surface area contributed by atoms with E-state index < -0.39 is 0 Å². The number of amides is 2. The van der Waals surface area contributed by atoms with Crippen LogP contribution in [0.1, 0.15) is 54.0 Å². The van der Waals surface area contributed by atoms with Crippen molar-refractivity contribution in [3.05, 3.63) is 76.2 Å². The molecule has 2 heterocycles. The van der Waals surface area contributed by atoms with Crippen LogP contribution in [0.3, 0.4) is 0 Å². The maximum Gasteiger partial charge on any atom is 0.240 e. The van der Waals surface area contributed by atoms with E-state index >= 15 is 0 Å². The number of nitrogens with zero attached hydrogens (tertiary/aromatic N) is 4. The number of carbonyl (C=O) groups excluding carboxylic acids is 2. The largest absolute Gasteiger partial charge is 0.353 e. The number of thioether (sulfide) groups is 1. The van der Waals surface area contributed by atoms with Crippen LogP contribution in [-0.4, -0.2) is 66.0 Å². The predicted molar refractivity (Wildman–Crippen MR) is 156 cm³/mol. The molecule has 1 N–H and O–H groups in total. The Morgan fingerprint density at radius 1 is 1.18 bits per heavy atom. The van der Waals surface area contributed by atoms with E-state index in [4.69, 9.17) is 5.10 Å². The zero-order chi connectivity index (χ0) is 28.5. The zero-order valence-corrected chi connectivity index (χ0v) is 24.7. The van der Waals surface area contributed by atoms with E-state index in [0.717, 1.165) is 33.6 Å². The normalized spacial score (nSPS) is 15.9. The minimum Gasteiger partial charge on any atom is -0.353 e. The SMILES string of the molecule is Cc1cccc(-n2nc(C(C)(C)C)c3c2N(CC(=O)NCCN(C)C)C(=O)CS[C@@H]3c2cccc(F)c2)c1C. The van der Waals surface area contributed by atoms with Crippen LogP contribution in [-0.2, 0) is 15.0 Å². The highest BCUT2D eigenvalue weighted by Gasteiger charge is 2.40. The molecule has 0 radical (unpaired) electrons. The molecule has 0 bridgehead atoms. The molecule has 0 fully saturated rings. The van der Waals surface area contributed by atoms with Gasteiger partial charge in [0.05, 0.1) is 22.4 Å². The molecule has 1 aliphatic heterocycles. The number of carbonyl (C=O) groups is 2. The monoisotopic (exact) mass is 551 g/mol. The minimum absolute atomic E-state index is 0.129. The van der Waals surface area contributed by atoms with Crippen molar-refractivity contribution in [2.45, 2.75) is 45.3 Å². The molecule has 1 atom stereocenters. The summed E-state index contributed by atoms with van der Waals surface area (Å²) < 4.78 is 16.3. The Bertz CT molecular complexity index is 1380. The molecule has 2 aromatic carbocycles. The molecule has 39 heavy (non-hydrogen) atoms. The highest BCUT2D eigenvalue weighted by Crippen LogP contribution is 2.48. The predicted octanol–water partition coefficient (Wildman–Crippen LogP) is 4.77. The average Bonchev–Trinajstić information content (AvgIpc) is 3.18. The summed E-state index contributed by atoms with van der Waals surface area (Å²) in [6, 6.07) is 12.5. The van der Waals surface area contributed by atoms with Crippen molar-refractivity contribution in [3.63, 3.8) is 0 Å². The second-order valence-corrected chi connectivity index (χ2v) is 12.4. The summed E-state index contributed by atoms with van der Waals surface area (Å²) >= 11 is 1.45. The number of halogens is 1. The third-order valence-electron chi connectivity index (χ3n) is 6.94. The van der Waals surface area contributed by atoms with Gasteiger partial charge in [-0.15, -0.1) is 11.8 Å². The standard InChI is InChI=1S/C30H38FN5O2S/c1-19-10-8-13-23(20(19)2)36-29-26(28(33-36)30(3,4)5)27(21-11-9-12-22(31)16-21)39-18-25(38)35(29)17-24(37)32-14-15-34(6)7/h8-13,16,27H,14-15,17-18H2,1-7H3,(H,32,37)/t27-/m1/s1. The van der Waals surface area contributed by atoms with E-state index in [1.807, 2.05) is 61.8 Å². The Morgan fingerprint density at radius 2 is 1.90 bits per heavy atom. The Kier molecular flexibility index (Phi) is 8.51. The smallest absolute Gasteiger partial charge is 0.240 e. The van der Waals surface area contributed by atoms with Crippen molar-refractivity contribution in [1.29, 1.82) is 0 Å². The first-order valence-corrected chi connectivity index (χ1v) is 14.2. The van der Waals surface area contributed by atoms with E-state index in [0.29, 0.717) is 18.9 Å². The van der Waals surface area contributed by atoms with Crippen LogP contribution >= 0.6 is 11.8 Å². The average molecular weight is 552 g/mol. The van der Waals surface area contributed by atoms with Gasteiger partial charge in [0.2, 0.25) is 11.8 Å². The Morgan fingerprint density at radius 3 is 2.56 bits per heavy atom. The van der Waals surface area contributed by atoms with Crippen LogP contribution in [0.5, 0.6) is 0 Å². The quantitative estimate of drug-likeness (QED) is 0.458. The summed E-state index contributed by atoms with van der Waals surface area (Å²) in [5.41, 5.74) is 5.00. The molecule has 0 spiro atoms. The molecule has 0 saturated heterocycles. The third-order valence-corrected chi connectivity index (χ3v) is 8.19. The van der Waals surface area contributed by atoms with Gasteiger partial charge in [0, 0.05) is 24.1 Å². The molecule has 1 aliphatic rings. The van der Waals surface area contributed by atoms with Crippen molar-refractivity contribution < 1.29 is 14.0 Å². The van der Waals surface area contributed by atoms with Gasteiger partial charge >= 0.3 is 0 Å². The fraction of sp³-hybridized carbons (Fsp3) is 0.433. The summed E-state index contributed by atoms with van der Waals surface area (Å²) in [5, 5.41) is 7.73. The number of anilines is 1. The van der Waals surface area contributed by atoms with Gasteiger partial charge in [-0.3, -0.25) is 14.5 Å². The molecule has 0 aliphatic carbocycles. The van der Waals surface area contributed by atoms with E-state index in [-0.39, 0.29) is 40.6 Å². The number of fused-ring (bicyclic) bond motifs is 1. The number of hydrogen-bond acceptors (Lipinski definition) is 5. The molecule has 3 aromatic rings. The summed E-state index contributed by atoms with van der Waals surface area (Å²) in [5.74, 6) is -0.0366. The van der Waals surface area contributed by atoms with Crippen molar-refractivity contribution in [2.75, 3.05) is 44.4 Å². The zero-order valence-electron chi connectivity index (χ0n) is 23.8. The number of aryl methyl sites for hydroxylation is 1. The fourth-order valence-corrected chi connectivity index (χ4v) is 5.95. The maximum atomic E-state index is 14.4. The summed E-state index contributed by atoms with van der Waals surface area (Å²) in [6.07, 6.45) is 0. The highest BCUT2D eigenvalue weighted by atomic mass is 32.2. The number of nitrogens with one attached hydrogen (secondary N) is 1. The van der Waals surface area contributed by atoms with Gasteiger partial charge < -0.3 is 10.2 Å². The number of aromatic nitrogens is 2. The lowest BCUT2D eigenvalue weighted by molar-refractivity contribution is -0.122. The summed E-state index contributed by atoms with van der Waals surface area (Å²) in [7, 11) is 3.88. The van der Waals surface area contributed by atoms with Crippen molar-refractivity contribution in [1.82, 2.24) is 20.0 Å². The third kappa shape index (κ3) is 6.20. The van der Waals surface area contributed by atoms with Gasteiger partial charge in [0.25, 0.3) is 0 Å². The van der Waals surface area contributed by atoms with Gasteiger partial charge in [-0.25, -0.2) is 9.07 Å². The van der Waals surface area contributed by atoms with E-state index in [1.54, 1.807) is 11.0 Å². The summed E-state index contributed by atoms with van der Waals surface area (Å²) in [6.45, 7) is 11.4. The molecule has 1 aromatic heterocycles. The number of rotatable bonds is 7. The van der Waals surface area contributed by atoms with Crippen LogP contribution in [0.4, 0.5) is 10.2 Å². The van der Waals surface area contributed by atoms with Crippen molar-refractivity contribution >= 4 is 29.4 Å². The Labute approximate surface area is 234 Å². The van der Waals surface area contributed by atoms with Crippen molar-refractivity contribution in [2.24, 2.45) is 0 Å². The van der Waals surface area contributed by atoms with Crippen LogP contribution in [0.25, 0.3) is 5.69 Å². The van der Waals surface area contributed by atoms with Gasteiger partial charge in [-0.1, -0.05) is 45.0 Å². The van der Waals surface area contributed by atoms with Gasteiger partial charge in [-0.05, 0) is 62.8 Å². The lowest BCUT2D eigenvalue weighted by Crippen LogP contribution is -2.43. The van der Waals surface area contributed by atoms with E-state index in [1.165, 1.54) is 23.9 Å². The molecule has 9 heteroatoms. The molecule has 0 unspecified atom stereocenters. The van der Waals surface area contributed by atoms with Gasteiger partial charge in [0.1, 0.15) is 18.2 Å². The van der Waals surface area contributed by atoms with E-state index in [2.05, 4.69) is 26.1 Å². The van der Waals surface area contributed by atoms with E-state index in [9.17, 15) is 14.0 Å². The molecule has 4 rings (SSSR count). The topological polar surface area (TPSA) is 70.5 Å². The Hall–Kier alpha value is -3.17. The van der Waals surface area contributed by atoms with Gasteiger partial charge in [-0.2, -0.15) is 5.10 Å². The molecular formula is C30H38FN5O2S. The Balaban J connectivity index is 1.96. The van der Waals surface area contributed by atoms with Gasteiger partial charge in [0.15, 0.2) is 0 Å². The number of likely N-dealkylation sites (N-methyl/N-ethyl adjacent to an activating group) is 1. The molecule has 2 amide bonds. The number of hydrogen-bond donors (Lipinski definition) is 1. The molecule has 208 valence electrons. The molecular weight excluding hydrogens is 513 g/mol. The highest BCUT2D eigenvalue weighted by molar-refractivity contribution is 8.00. The second-order valence-electron chi connectivity index (χ2n) is 11.3. The second kappa shape index (κ2) is 11.5. The van der Waals surface area contributed by atoms with Crippen LogP contribution < -0.4 is 10.2 Å². The lowest BCUT2D eigenvalue weighted by Gasteiger charge is -2.25. The lowest BCUT2D eigenvalue weighted by atomic mass is 9.87. The first-order valence-electron chi connectivity index (χ1n) is 13.2. The number of benzene rings is 2. The van der Waals surface area contributed by atoms with Crippen LogP contribution in [0.15, 0.2) is 42.5 Å². The first kappa shape index (κ1) is 28.8. The summed E-state index contributed by atoms with van der Waals surface area (Å²) in [4.78, 5) is 30.4. The van der Waals surface area contributed by atoms with Crippen LogP contribution in [0.2, 0.25) is 0 Å².